The van der Waals surface area contributed by atoms with Crippen LogP contribution in [0.5, 0.6) is 5.75 Å². The van der Waals surface area contributed by atoms with E-state index in [2.05, 4.69) is 32.1 Å². The van der Waals surface area contributed by atoms with Crippen LogP contribution in [0.15, 0.2) is 53.1 Å². The Bertz CT molecular complexity index is 1090. The Morgan fingerprint density at radius 3 is 2.60 bits per heavy atom. The van der Waals surface area contributed by atoms with Crippen LogP contribution in [-0.2, 0) is 13.2 Å². The lowest BCUT2D eigenvalue weighted by Crippen LogP contribution is -2.46. The lowest BCUT2D eigenvalue weighted by atomic mass is 10.3. The minimum atomic E-state index is -0.299. The number of hydrogen-bond donors (Lipinski definition) is 0. The number of anilines is 1. The number of halogens is 1. The summed E-state index contributed by atoms with van der Waals surface area (Å²) in [6.45, 7) is 4.42. The minimum absolute atomic E-state index is 0.181. The first-order chi connectivity index (χ1) is 14.7. The number of thiazole rings is 1. The van der Waals surface area contributed by atoms with E-state index in [4.69, 9.17) is 14.2 Å². The first-order valence-electron chi connectivity index (χ1n) is 9.76. The number of rotatable bonds is 6. The smallest absolute Gasteiger partial charge is 0.240 e. The van der Waals surface area contributed by atoms with Crippen LogP contribution in [0.1, 0.15) is 11.7 Å². The second kappa shape index (κ2) is 8.37. The number of nitrogens with zero attached hydrogens (tertiary/aromatic N) is 5. The van der Waals surface area contributed by atoms with Gasteiger partial charge in [-0.25, -0.2) is 9.37 Å². The van der Waals surface area contributed by atoms with Gasteiger partial charge in [-0.1, -0.05) is 28.6 Å². The van der Waals surface area contributed by atoms with Gasteiger partial charge >= 0.3 is 0 Å². The fraction of sp³-hybridized carbons (Fsp3) is 0.286. The number of aromatic nitrogens is 3. The first-order valence-corrected chi connectivity index (χ1v) is 10.6. The highest BCUT2D eigenvalue weighted by Gasteiger charge is 2.21. The fourth-order valence-electron chi connectivity index (χ4n) is 3.38. The maximum atomic E-state index is 12.9. The molecule has 0 N–H and O–H groups in total. The standard InChI is InChI=1S/C21H20FN5O2S/c22-15-5-7-16(8-6-15)28-14-19-24-20(29-25-19)13-26-9-11-27(12-10-26)21-23-17-3-1-2-4-18(17)30-21/h1-8H,9-14H2. The van der Waals surface area contributed by atoms with E-state index < -0.39 is 0 Å². The maximum Gasteiger partial charge on any atom is 0.240 e. The molecule has 4 aromatic rings. The van der Waals surface area contributed by atoms with E-state index in [1.54, 1.807) is 23.5 Å². The summed E-state index contributed by atoms with van der Waals surface area (Å²) in [6.07, 6.45) is 0. The van der Waals surface area contributed by atoms with E-state index in [0.29, 0.717) is 24.0 Å². The quantitative estimate of drug-likeness (QED) is 0.466. The Labute approximate surface area is 176 Å². The minimum Gasteiger partial charge on any atom is -0.485 e. The Balaban J connectivity index is 1.13. The molecule has 0 aliphatic carbocycles. The highest BCUT2D eigenvalue weighted by atomic mass is 32.1. The molecule has 0 saturated carbocycles. The molecule has 5 rings (SSSR count). The van der Waals surface area contributed by atoms with Crippen molar-refractivity contribution in [2.45, 2.75) is 13.2 Å². The predicted octanol–water partition coefficient (Wildman–Crippen LogP) is 3.72. The molecule has 1 saturated heterocycles. The van der Waals surface area contributed by atoms with Crippen molar-refractivity contribution < 1.29 is 13.7 Å². The monoisotopic (exact) mass is 425 g/mol. The summed E-state index contributed by atoms with van der Waals surface area (Å²) < 4.78 is 25.1. The average molecular weight is 425 g/mol. The Morgan fingerprint density at radius 2 is 1.80 bits per heavy atom. The molecule has 0 amide bonds. The molecule has 3 heterocycles. The van der Waals surface area contributed by atoms with Crippen LogP contribution in [0.2, 0.25) is 0 Å². The van der Waals surface area contributed by atoms with Gasteiger partial charge in [-0.3, -0.25) is 4.90 Å². The summed E-state index contributed by atoms with van der Waals surface area (Å²) in [7, 11) is 0. The van der Waals surface area contributed by atoms with Crippen molar-refractivity contribution in [3.8, 4) is 5.75 Å². The number of hydrogen-bond acceptors (Lipinski definition) is 8. The summed E-state index contributed by atoms with van der Waals surface area (Å²) in [5, 5.41) is 5.05. The number of fused-ring (bicyclic) bond motifs is 1. The van der Waals surface area contributed by atoms with E-state index >= 15 is 0 Å². The van der Waals surface area contributed by atoms with Gasteiger partial charge in [-0.05, 0) is 36.4 Å². The van der Waals surface area contributed by atoms with E-state index in [-0.39, 0.29) is 12.4 Å². The summed E-state index contributed by atoms with van der Waals surface area (Å²) in [4.78, 5) is 13.8. The Hall–Kier alpha value is -3.04. The molecule has 0 atom stereocenters. The van der Waals surface area contributed by atoms with Crippen molar-refractivity contribution in [3.05, 3.63) is 66.1 Å². The first kappa shape index (κ1) is 19.0. The summed E-state index contributed by atoms with van der Waals surface area (Å²) >= 11 is 1.74. The number of para-hydroxylation sites is 1. The van der Waals surface area contributed by atoms with Gasteiger partial charge in [0.1, 0.15) is 11.6 Å². The molecule has 0 unspecified atom stereocenters. The van der Waals surface area contributed by atoms with Crippen LogP contribution in [0.4, 0.5) is 9.52 Å². The number of benzene rings is 2. The van der Waals surface area contributed by atoms with Crippen LogP contribution in [-0.4, -0.2) is 46.2 Å². The van der Waals surface area contributed by atoms with Crippen LogP contribution >= 0.6 is 11.3 Å². The van der Waals surface area contributed by atoms with Gasteiger partial charge in [0, 0.05) is 26.2 Å². The van der Waals surface area contributed by atoms with Crippen LogP contribution in [0.25, 0.3) is 10.2 Å². The SMILES string of the molecule is Fc1ccc(OCc2noc(CN3CCN(c4nc5ccccc5s4)CC3)n2)cc1. The zero-order valence-electron chi connectivity index (χ0n) is 16.2. The highest BCUT2D eigenvalue weighted by Crippen LogP contribution is 2.29. The van der Waals surface area contributed by atoms with Crippen molar-refractivity contribution in [3.63, 3.8) is 0 Å². The molecule has 1 aliphatic heterocycles. The van der Waals surface area contributed by atoms with E-state index in [1.807, 2.05) is 12.1 Å². The molecule has 7 nitrogen and oxygen atoms in total. The molecule has 0 bridgehead atoms. The lowest BCUT2D eigenvalue weighted by Gasteiger charge is -2.33. The molecular formula is C21H20FN5O2S. The Morgan fingerprint density at radius 1 is 1.00 bits per heavy atom. The van der Waals surface area contributed by atoms with Gasteiger partial charge in [0.05, 0.1) is 16.8 Å². The Kier molecular flexibility index (Phi) is 5.29. The van der Waals surface area contributed by atoms with Crippen molar-refractivity contribution in [1.29, 1.82) is 0 Å². The van der Waals surface area contributed by atoms with Gasteiger partial charge < -0.3 is 14.2 Å². The molecule has 0 spiro atoms. The zero-order chi connectivity index (χ0) is 20.3. The lowest BCUT2D eigenvalue weighted by molar-refractivity contribution is 0.214. The van der Waals surface area contributed by atoms with E-state index in [9.17, 15) is 4.39 Å². The third-order valence-electron chi connectivity index (χ3n) is 4.98. The second-order valence-electron chi connectivity index (χ2n) is 7.07. The third-order valence-corrected chi connectivity index (χ3v) is 6.07. The highest BCUT2D eigenvalue weighted by molar-refractivity contribution is 7.22. The van der Waals surface area contributed by atoms with Crippen LogP contribution < -0.4 is 9.64 Å². The van der Waals surface area contributed by atoms with Gasteiger partial charge in [0.2, 0.25) is 11.7 Å². The third kappa shape index (κ3) is 4.27. The summed E-state index contributed by atoms with van der Waals surface area (Å²) in [5.41, 5.74) is 1.06. The zero-order valence-corrected chi connectivity index (χ0v) is 17.0. The summed E-state index contributed by atoms with van der Waals surface area (Å²) in [6, 6.07) is 14.1. The van der Waals surface area contributed by atoms with Crippen molar-refractivity contribution >= 4 is 26.7 Å². The van der Waals surface area contributed by atoms with Crippen LogP contribution in [0.3, 0.4) is 0 Å². The van der Waals surface area contributed by atoms with Gasteiger partial charge in [-0.15, -0.1) is 0 Å². The molecule has 154 valence electrons. The van der Waals surface area contributed by atoms with Gasteiger partial charge in [0.15, 0.2) is 11.7 Å². The van der Waals surface area contributed by atoms with E-state index in [1.165, 1.54) is 16.8 Å². The van der Waals surface area contributed by atoms with Crippen molar-refractivity contribution in [2.24, 2.45) is 0 Å². The summed E-state index contributed by atoms with van der Waals surface area (Å²) in [5.74, 6) is 1.31. The second-order valence-corrected chi connectivity index (χ2v) is 8.08. The predicted molar refractivity (Wildman–Crippen MR) is 112 cm³/mol. The molecular weight excluding hydrogens is 405 g/mol. The largest absolute Gasteiger partial charge is 0.485 e. The molecule has 2 aromatic carbocycles. The molecule has 0 radical (unpaired) electrons. The van der Waals surface area contributed by atoms with Crippen molar-refractivity contribution in [1.82, 2.24) is 20.0 Å². The average Bonchev–Trinajstić information content (AvgIpc) is 3.41. The molecule has 9 heteroatoms. The fourth-order valence-corrected chi connectivity index (χ4v) is 4.39. The molecule has 30 heavy (non-hydrogen) atoms. The molecule has 1 aliphatic rings. The molecule has 1 fully saturated rings. The van der Waals surface area contributed by atoms with Gasteiger partial charge in [-0.2, -0.15) is 4.98 Å². The topological polar surface area (TPSA) is 67.5 Å². The normalized spacial score (nSPS) is 15.0. The maximum absolute atomic E-state index is 12.9. The number of ether oxygens (including phenoxy) is 1. The van der Waals surface area contributed by atoms with Gasteiger partial charge in [0.25, 0.3) is 0 Å². The molecule has 2 aromatic heterocycles. The van der Waals surface area contributed by atoms with Crippen LogP contribution in [0, 0.1) is 5.82 Å². The number of piperazine rings is 1. The van der Waals surface area contributed by atoms with E-state index in [0.717, 1.165) is 36.8 Å². The van der Waals surface area contributed by atoms with Crippen molar-refractivity contribution in [2.75, 3.05) is 31.1 Å².